The second kappa shape index (κ2) is 13.8. The van der Waals surface area contributed by atoms with E-state index >= 15 is 0 Å². The molecule has 6 rings (SSSR count). The van der Waals surface area contributed by atoms with Crippen LogP contribution in [0.5, 0.6) is 11.5 Å². The van der Waals surface area contributed by atoms with Crippen LogP contribution < -0.4 is 36.6 Å². The molecule has 0 aliphatic heterocycles. The van der Waals surface area contributed by atoms with Gasteiger partial charge in [0.2, 0.25) is 0 Å². The smallest absolute Gasteiger partial charge is 0.135 e. The number of rotatable bonds is 8. The van der Waals surface area contributed by atoms with Crippen molar-refractivity contribution in [2.45, 2.75) is 0 Å². The summed E-state index contributed by atoms with van der Waals surface area (Å²) in [6.45, 7) is 0. The Kier molecular flexibility index (Phi) is 9.71. The van der Waals surface area contributed by atoms with Gasteiger partial charge in [0, 0.05) is 30.7 Å². The van der Waals surface area contributed by atoms with Gasteiger partial charge in [0.1, 0.15) is 11.5 Å². The quantitative estimate of drug-likeness (QED) is 0.146. The topological polar surface area (TPSA) is 9.23 Å². The minimum Gasteiger partial charge on any atom is -0.456 e. The molecule has 0 saturated carbocycles. The predicted octanol–water partition coefficient (Wildman–Crippen LogP) is 9.61. The summed E-state index contributed by atoms with van der Waals surface area (Å²) in [5.74, 6) is 1.60. The molecule has 0 N–H and O–H groups in total. The zero-order chi connectivity index (χ0) is 29.8. The Bertz CT molecular complexity index is 1600. The number of hydrogen-bond acceptors (Lipinski definition) is 1. The van der Waals surface area contributed by atoms with Crippen molar-refractivity contribution in [3.05, 3.63) is 166 Å². The molecule has 0 heterocycles. The van der Waals surface area contributed by atoms with E-state index in [-0.39, 0.29) is 0 Å². The molecule has 0 unspecified atom stereocenters. The Morgan fingerprint density at radius 2 is 0.581 bits per heavy atom. The van der Waals surface area contributed by atoms with Gasteiger partial charge in [0.25, 0.3) is 0 Å². The maximum Gasteiger partial charge on any atom is 0.135 e. The van der Waals surface area contributed by atoms with Gasteiger partial charge in [-0.25, -0.2) is 0 Å². The molecule has 7 heteroatoms. The summed E-state index contributed by atoms with van der Waals surface area (Å²) in [7, 11) is -1.95. The number of ether oxygens (including phenoxy) is 1. The fraction of sp³-hybridized carbons (Fsp3) is 0. The van der Waals surface area contributed by atoms with E-state index in [1.165, 1.54) is 0 Å². The fourth-order valence-corrected chi connectivity index (χ4v) is 9.94. The van der Waals surface area contributed by atoms with Gasteiger partial charge in [-0.05, 0) is 97.7 Å². The van der Waals surface area contributed by atoms with Crippen molar-refractivity contribution in [2.24, 2.45) is 0 Å². The molecule has 6 aromatic carbocycles. The summed E-state index contributed by atoms with van der Waals surface area (Å²) in [5.41, 5.74) is 0. The summed E-state index contributed by atoms with van der Waals surface area (Å²) in [4.78, 5) is 0. The summed E-state index contributed by atoms with van der Waals surface area (Å²) < 4.78 is 6.91. The SMILES string of the molecule is Clc1ccc(P(c2ccc(Cl)cc2)c2ccccc2Oc2ccccc2P(c2ccc(Cl)cc2)c2ccc(Cl)cc2)cc1. The van der Waals surface area contributed by atoms with Crippen LogP contribution in [0.3, 0.4) is 0 Å². The summed E-state index contributed by atoms with van der Waals surface area (Å²) in [5, 5.41) is 9.64. The highest BCUT2D eigenvalue weighted by Gasteiger charge is 2.24. The average Bonchev–Trinajstić information content (AvgIpc) is 3.03. The highest BCUT2D eigenvalue weighted by atomic mass is 35.5. The molecule has 0 saturated heterocycles. The van der Waals surface area contributed by atoms with E-state index in [2.05, 4.69) is 72.8 Å². The second-order valence-corrected chi connectivity index (χ2v) is 15.7. The van der Waals surface area contributed by atoms with Crippen molar-refractivity contribution < 1.29 is 4.74 Å². The van der Waals surface area contributed by atoms with Crippen molar-refractivity contribution in [3.63, 3.8) is 0 Å². The number of hydrogen-bond donors (Lipinski definition) is 0. The van der Waals surface area contributed by atoms with Crippen LogP contribution in [0.25, 0.3) is 0 Å². The fourth-order valence-electron chi connectivity index (χ4n) is 4.79. The minimum atomic E-state index is -0.974. The van der Waals surface area contributed by atoms with E-state index in [9.17, 15) is 0 Å². The van der Waals surface area contributed by atoms with Gasteiger partial charge in [-0.3, -0.25) is 0 Å². The van der Waals surface area contributed by atoms with E-state index in [1.54, 1.807) is 0 Å². The van der Waals surface area contributed by atoms with E-state index < -0.39 is 15.8 Å². The van der Waals surface area contributed by atoms with Crippen LogP contribution in [0, 0.1) is 0 Å². The number of para-hydroxylation sites is 2. The molecule has 0 radical (unpaired) electrons. The number of halogens is 4. The van der Waals surface area contributed by atoms with Gasteiger partial charge in [0.05, 0.1) is 0 Å². The lowest BCUT2D eigenvalue weighted by Crippen LogP contribution is -2.24. The molecule has 0 atom stereocenters. The molecule has 43 heavy (non-hydrogen) atoms. The summed E-state index contributed by atoms with van der Waals surface area (Å²) >= 11 is 25.1. The molecule has 212 valence electrons. The Hall–Kier alpha value is -2.86. The van der Waals surface area contributed by atoms with Crippen LogP contribution in [0.1, 0.15) is 0 Å². The van der Waals surface area contributed by atoms with Crippen LogP contribution in [0.4, 0.5) is 0 Å². The lowest BCUT2D eigenvalue weighted by Gasteiger charge is -2.25. The first kappa shape index (κ1) is 30.2. The Morgan fingerprint density at radius 3 is 0.860 bits per heavy atom. The van der Waals surface area contributed by atoms with Crippen molar-refractivity contribution >= 4 is 94.1 Å². The van der Waals surface area contributed by atoms with Crippen molar-refractivity contribution in [1.82, 2.24) is 0 Å². The summed E-state index contributed by atoms with van der Waals surface area (Å²) in [6.07, 6.45) is 0. The number of benzene rings is 6. The largest absolute Gasteiger partial charge is 0.456 e. The lowest BCUT2D eigenvalue weighted by atomic mass is 10.3. The van der Waals surface area contributed by atoms with E-state index in [0.29, 0.717) is 20.1 Å². The van der Waals surface area contributed by atoms with Crippen LogP contribution in [-0.4, -0.2) is 0 Å². The van der Waals surface area contributed by atoms with Crippen LogP contribution in [-0.2, 0) is 0 Å². The third-order valence-corrected chi connectivity index (χ3v) is 12.7. The van der Waals surface area contributed by atoms with E-state index in [4.69, 9.17) is 51.1 Å². The van der Waals surface area contributed by atoms with Gasteiger partial charge >= 0.3 is 0 Å². The highest BCUT2D eigenvalue weighted by Crippen LogP contribution is 2.41. The maximum absolute atomic E-state index is 6.91. The van der Waals surface area contributed by atoms with Crippen molar-refractivity contribution in [1.29, 1.82) is 0 Å². The molecule has 0 aromatic heterocycles. The van der Waals surface area contributed by atoms with Crippen LogP contribution in [0.15, 0.2) is 146 Å². The van der Waals surface area contributed by atoms with Gasteiger partial charge < -0.3 is 4.74 Å². The second-order valence-electron chi connectivity index (χ2n) is 9.61. The third-order valence-electron chi connectivity index (χ3n) is 6.77. The van der Waals surface area contributed by atoms with Crippen molar-refractivity contribution in [3.8, 4) is 11.5 Å². The first-order valence-corrected chi connectivity index (χ1v) is 17.6. The normalized spacial score (nSPS) is 11.2. The predicted molar refractivity (Wildman–Crippen MR) is 190 cm³/mol. The lowest BCUT2D eigenvalue weighted by molar-refractivity contribution is 0.491. The zero-order valence-corrected chi connectivity index (χ0v) is 27.5. The molecule has 0 bridgehead atoms. The van der Waals surface area contributed by atoms with E-state index in [1.807, 2.05) is 72.8 Å². The molecule has 0 spiro atoms. The Morgan fingerprint density at radius 1 is 0.326 bits per heavy atom. The van der Waals surface area contributed by atoms with Gasteiger partial charge in [-0.2, -0.15) is 0 Å². The highest BCUT2D eigenvalue weighted by molar-refractivity contribution is 7.80. The molecule has 0 amide bonds. The van der Waals surface area contributed by atoms with Gasteiger partial charge in [-0.15, -0.1) is 0 Å². The molecule has 0 fully saturated rings. The first-order valence-electron chi connectivity index (χ1n) is 13.4. The minimum absolute atomic E-state index is 0.700. The molecular weight excluding hydrogens is 652 g/mol. The average molecular weight is 676 g/mol. The van der Waals surface area contributed by atoms with Gasteiger partial charge in [-0.1, -0.05) is 131 Å². The molecule has 6 aromatic rings. The van der Waals surface area contributed by atoms with Crippen molar-refractivity contribution in [2.75, 3.05) is 0 Å². The monoisotopic (exact) mass is 674 g/mol. The standard InChI is InChI=1S/C36H24Cl4OP2/c37-25-9-17-29(18-10-25)42(30-19-11-26(38)12-20-30)35-7-3-1-5-33(35)41-34-6-2-4-8-36(34)43(31-21-13-27(39)14-22-31)32-23-15-28(40)16-24-32/h1-24H. The summed E-state index contributed by atoms with van der Waals surface area (Å²) in [6, 6.07) is 48.7. The Labute approximate surface area is 274 Å². The zero-order valence-electron chi connectivity index (χ0n) is 22.7. The van der Waals surface area contributed by atoms with Crippen LogP contribution in [0.2, 0.25) is 20.1 Å². The van der Waals surface area contributed by atoms with Crippen LogP contribution >= 0.6 is 62.2 Å². The molecule has 0 aliphatic carbocycles. The third kappa shape index (κ3) is 7.11. The molecule has 0 aliphatic rings. The Balaban J connectivity index is 1.47. The molecule has 1 nitrogen and oxygen atoms in total. The first-order chi connectivity index (χ1) is 21.0. The maximum atomic E-state index is 6.91. The molecular formula is C36H24Cl4OP2. The van der Waals surface area contributed by atoms with E-state index in [0.717, 1.165) is 43.3 Å². The van der Waals surface area contributed by atoms with Gasteiger partial charge in [0.15, 0.2) is 0 Å².